The van der Waals surface area contributed by atoms with E-state index in [-0.39, 0.29) is 23.2 Å². The van der Waals surface area contributed by atoms with E-state index in [0.29, 0.717) is 5.69 Å². The predicted octanol–water partition coefficient (Wildman–Crippen LogP) is 3.49. The molecular weight excluding hydrogens is 307 g/mol. The van der Waals surface area contributed by atoms with E-state index in [0.717, 1.165) is 6.07 Å². The highest BCUT2D eigenvalue weighted by Crippen LogP contribution is 2.37. The smallest absolute Gasteiger partial charge is 0.347 e. The molecule has 0 saturated carbocycles. The van der Waals surface area contributed by atoms with Gasteiger partial charge in [0.05, 0.1) is 12.0 Å². The highest BCUT2D eigenvalue weighted by Gasteiger charge is 2.24. The van der Waals surface area contributed by atoms with Gasteiger partial charge in [-0.3, -0.25) is 14.9 Å². The number of amides is 1. The van der Waals surface area contributed by atoms with Gasteiger partial charge in [-0.15, -0.1) is 0 Å². The molecular formula is C15H13FN2O5. The second kappa shape index (κ2) is 6.73. The summed E-state index contributed by atoms with van der Waals surface area (Å²) in [4.78, 5) is 21.1. The molecule has 0 atom stereocenters. The number of hydrogen-bond acceptors (Lipinski definition) is 5. The van der Waals surface area contributed by atoms with Crippen molar-refractivity contribution in [2.75, 3.05) is 12.4 Å². The quantitative estimate of drug-likeness (QED) is 0.672. The van der Waals surface area contributed by atoms with Gasteiger partial charge in [0.1, 0.15) is 11.5 Å². The van der Waals surface area contributed by atoms with Crippen LogP contribution in [0.25, 0.3) is 0 Å². The van der Waals surface area contributed by atoms with E-state index in [1.807, 2.05) is 0 Å². The molecule has 0 radical (unpaired) electrons. The molecule has 0 aliphatic carbocycles. The molecule has 8 heteroatoms. The van der Waals surface area contributed by atoms with Crippen LogP contribution in [0.4, 0.5) is 15.8 Å². The fraction of sp³-hybridized carbons (Fsp3) is 0.133. The molecule has 1 amide bonds. The normalized spacial score (nSPS) is 10.0. The summed E-state index contributed by atoms with van der Waals surface area (Å²) in [6.45, 7) is 1.37. The summed E-state index contributed by atoms with van der Waals surface area (Å²) in [5.41, 5.74) is -0.243. The van der Waals surface area contributed by atoms with Gasteiger partial charge >= 0.3 is 5.69 Å². The minimum atomic E-state index is -1.06. The first kappa shape index (κ1) is 16.2. The number of carbonyl (C=O) groups is 1. The summed E-state index contributed by atoms with van der Waals surface area (Å²) < 4.78 is 24.1. The zero-order valence-corrected chi connectivity index (χ0v) is 12.3. The number of nitro benzene ring substituents is 1. The number of hydrogen-bond donors (Lipinski definition) is 1. The Hall–Kier alpha value is -3.16. The van der Waals surface area contributed by atoms with E-state index in [2.05, 4.69) is 5.32 Å². The number of methoxy groups -OCH3 is 1. The fourth-order valence-electron chi connectivity index (χ4n) is 1.86. The van der Waals surface area contributed by atoms with Crippen molar-refractivity contribution < 1.29 is 23.6 Å². The zero-order valence-electron chi connectivity index (χ0n) is 12.3. The Balaban J connectivity index is 2.33. The van der Waals surface area contributed by atoms with Crippen molar-refractivity contribution in [3.8, 4) is 17.2 Å². The Bertz CT molecular complexity index is 746. The summed E-state index contributed by atoms with van der Waals surface area (Å²) >= 11 is 0. The van der Waals surface area contributed by atoms with Gasteiger partial charge < -0.3 is 14.8 Å². The maximum atomic E-state index is 13.8. The van der Waals surface area contributed by atoms with Crippen LogP contribution in [0.5, 0.6) is 17.2 Å². The van der Waals surface area contributed by atoms with Crippen LogP contribution in [-0.4, -0.2) is 17.9 Å². The summed E-state index contributed by atoms with van der Waals surface area (Å²) in [5, 5.41) is 13.6. The second-order valence-electron chi connectivity index (χ2n) is 4.52. The molecule has 0 unspecified atom stereocenters. The third-order valence-electron chi connectivity index (χ3n) is 2.82. The SMILES string of the molecule is COc1cc(F)c([N+](=O)[O-])c(Oc2ccc(NC(C)=O)cc2)c1. The second-order valence-corrected chi connectivity index (χ2v) is 4.52. The predicted molar refractivity (Wildman–Crippen MR) is 80.4 cm³/mol. The van der Waals surface area contributed by atoms with Crippen molar-refractivity contribution in [1.29, 1.82) is 0 Å². The van der Waals surface area contributed by atoms with Gasteiger partial charge in [-0.05, 0) is 24.3 Å². The number of carbonyl (C=O) groups excluding carboxylic acids is 1. The molecule has 0 heterocycles. The lowest BCUT2D eigenvalue weighted by molar-refractivity contribution is -0.388. The van der Waals surface area contributed by atoms with Crippen molar-refractivity contribution in [2.24, 2.45) is 0 Å². The molecule has 2 aromatic carbocycles. The number of benzene rings is 2. The number of nitro groups is 1. The van der Waals surface area contributed by atoms with Crippen LogP contribution < -0.4 is 14.8 Å². The van der Waals surface area contributed by atoms with E-state index in [9.17, 15) is 19.3 Å². The third kappa shape index (κ3) is 3.94. The first-order valence-electron chi connectivity index (χ1n) is 6.48. The molecule has 23 heavy (non-hydrogen) atoms. The maximum absolute atomic E-state index is 13.8. The lowest BCUT2D eigenvalue weighted by atomic mass is 10.2. The lowest BCUT2D eigenvalue weighted by Crippen LogP contribution is -2.05. The van der Waals surface area contributed by atoms with Crippen molar-refractivity contribution in [3.63, 3.8) is 0 Å². The van der Waals surface area contributed by atoms with Crippen molar-refractivity contribution in [2.45, 2.75) is 6.92 Å². The van der Waals surface area contributed by atoms with E-state index < -0.39 is 16.4 Å². The molecule has 7 nitrogen and oxygen atoms in total. The van der Waals surface area contributed by atoms with Gasteiger partial charge in [0.25, 0.3) is 0 Å². The molecule has 2 rings (SSSR count). The van der Waals surface area contributed by atoms with Crippen LogP contribution in [0.15, 0.2) is 36.4 Å². The van der Waals surface area contributed by atoms with Gasteiger partial charge in [0, 0.05) is 24.7 Å². The summed E-state index contributed by atoms with van der Waals surface area (Å²) in [5.74, 6) is -1.23. The first-order chi connectivity index (χ1) is 10.9. The van der Waals surface area contributed by atoms with E-state index in [4.69, 9.17) is 9.47 Å². The number of ether oxygens (including phenoxy) is 2. The minimum absolute atomic E-state index is 0.0953. The number of halogens is 1. The van der Waals surface area contributed by atoms with Crippen molar-refractivity contribution in [1.82, 2.24) is 0 Å². The van der Waals surface area contributed by atoms with Crippen molar-refractivity contribution in [3.05, 3.63) is 52.3 Å². The average Bonchev–Trinajstić information content (AvgIpc) is 2.47. The molecule has 120 valence electrons. The topological polar surface area (TPSA) is 90.7 Å². The van der Waals surface area contributed by atoms with Crippen molar-refractivity contribution >= 4 is 17.3 Å². The molecule has 2 aromatic rings. The standard InChI is InChI=1S/C15H13FN2O5/c1-9(19)17-10-3-5-11(6-4-10)23-14-8-12(22-2)7-13(16)15(14)18(20)21/h3-8H,1-2H3,(H,17,19). The first-order valence-corrected chi connectivity index (χ1v) is 6.48. The molecule has 0 fully saturated rings. The Kier molecular flexibility index (Phi) is 4.75. The van der Waals surface area contributed by atoms with Crippen LogP contribution in [-0.2, 0) is 4.79 Å². The van der Waals surface area contributed by atoms with Crippen LogP contribution in [0.1, 0.15) is 6.92 Å². The molecule has 0 aliphatic heterocycles. The van der Waals surface area contributed by atoms with E-state index >= 15 is 0 Å². The summed E-state index contributed by atoms with van der Waals surface area (Å²) in [6, 6.07) is 8.23. The summed E-state index contributed by atoms with van der Waals surface area (Å²) in [6.07, 6.45) is 0. The average molecular weight is 320 g/mol. The fourth-order valence-corrected chi connectivity index (χ4v) is 1.86. The van der Waals surface area contributed by atoms with Crippen LogP contribution in [0.3, 0.4) is 0 Å². The summed E-state index contributed by atoms with van der Waals surface area (Å²) in [7, 11) is 1.31. The monoisotopic (exact) mass is 320 g/mol. The van der Waals surface area contributed by atoms with E-state index in [1.54, 1.807) is 12.1 Å². The van der Waals surface area contributed by atoms with Gasteiger partial charge in [-0.1, -0.05) is 0 Å². The molecule has 0 spiro atoms. The van der Waals surface area contributed by atoms with Crippen LogP contribution in [0.2, 0.25) is 0 Å². The maximum Gasteiger partial charge on any atom is 0.347 e. The Labute approximate surface area is 130 Å². The molecule has 0 bridgehead atoms. The lowest BCUT2D eigenvalue weighted by Gasteiger charge is -2.09. The molecule has 1 N–H and O–H groups in total. The molecule has 0 saturated heterocycles. The third-order valence-corrected chi connectivity index (χ3v) is 2.82. The Morgan fingerprint density at radius 3 is 2.39 bits per heavy atom. The van der Waals surface area contributed by atoms with E-state index in [1.165, 1.54) is 32.2 Å². The number of anilines is 1. The Morgan fingerprint density at radius 2 is 1.87 bits per heavy atom. The highest BCUT2D eigenvalue weighted by molar-refractivity contribution is 5.88. The zero-order chi connectivity index (χ0) is 17.0. The highest BCUT2D eigenvalue weighted by atomic mass is 19.1. The minimum Gasteiger partial charge on any atom is -0.497 e. The molecule has 0 aliphatic rings. The Morgan fingerprint density at radius 1 is 1.22 bits per heavy atom. The van der Waals surface area contributed by atoms with Crippen LogP contribution in [0, 0.1) is 15.9 Å². The van der Waals surface area contributed by atoms with Gasteiger partial charge in [-0.25, -0.2) is 0 Å². The van der Waals surface area contributed by atoms with Gasteiger partial charge in [0.15, 0.2) is 0 Å². The largest absolute Gasteiger partial charge is 0.497 e. The van der Waals surface area contributed by atoms with Crippen LogP contribution >= 0.6 is 0 Å². The molecule has 0 aromatic heterocycles. The van der Waals surface area contributed by atoms with Gasteiger partial charge in [-0.2, -0.15) is 4.39 Å². The number of nitrogens with one attached hydrogen (secondary N) is 1. The number of rotatable bonds is 5. The van der Waals surface area contributed by atoms with Gasteiger partial charge in [0.2, 0.25) is 17.5 Å². The number of nitrogens with zero attached hydrogens (tertiary/aromatic N) is 1.